The molecule has 1 fully saturated rings. The van der Waals surface area contributed by atoms with E-state index < -0.39 is 11.7 Å². The Kier molecular flexibility index (Phi) is 5.68. The molecule has 1 atom stereocenters. The molecule has 1 unspecified atom stereocenters. The first-order chi connectivity index (χ1) is 10.0. The predicted octanol–water partition coefficient (Wildman–Crippen LogP) is 5.33. The maximum Gasteiger partial charge on any atom is 0.416 e. The smallest absolute Gasteiger partial charge is 0.310 e. The average molecular weight is 299 g/mol. The summed E-state index contributed by atoms with van der Waals surface area (Å²) in [7, 11) is 0. The summed E-state index contributed by atoms with van der Waals surface area (Å²) in [5.74, 6) is 0.761. The molecule has 1 aromatic carbocycles. The van der Waals surface area contributed by atoms with Crippen LogP contribution < -0.4 is 5.32 Å². The van der Waals surface area contributed by atoms with Gasteiger partial charge in [-0.2, -0.15) is 13.2 Å². The Hall–Kier alpha value is -1.03. The molecule has 4 heteroatoms. The van der Waals surface area contributed by atoms with Crippen molar-refractivity contribution in [2.24, 2.45) is 5.92 Å². The highest BCUT2D eigenvalue weighted by Gasteiger charge is 2.31. The van der Waals surface area contributed by atoms with E-state index in [1.54, 1.807) is 6.07 Å². The molecular weight excluding hydrogens is 275 g/mol. The van der Waals surface area contributed by atoms with Gasteiger partial charge in [0.1, 0.15) is 0 Å². The molecule has 0 saturated heterocycles. The van der Waals surface area contributed by atoms with Gasteiger partial charge in [-0.25, -0.2) is 0 Å². The lowest BCUT2D eigenvalue weighted by atomic mass is 9.94. The highest BCUT2D eigenvalue weighted by Crippen LogP contribution is 2.34. The Morgan fingerprint density at radius 2 is 1.95 bits per heavy atom. The lowest BCUT2D eigenvalue weighted by Crippen LogP contribution is -2.22. The zero-order valence-electron chi connectivity index (χ0n) is 12.5. The fraction of sp³-hybridized carbons (Fsp3) is 0.647. The lowest BCUT2D eigenvalue weighted by Gasteiger charge is -2.21. The van der Waals surface area contributed by atoms with Crippen LogP contribution >= 0.6 is 0 Å². The Morgan fingerprint density at radius 1 is 1.24 bits per heavy atom. The predicted molar refractivity (Wildman–Crippen MR) is 79.1 cm³/mol. The molecule has 1 N–H and O–H groups in total. The van der Waals surface area contributed by atoms with Crippen LogP contribution in [0.3, 0.4) is 0 Å². The van der Waals surface area contributed by atoms with Gasteiger partial charge in [0, 0.05) is 6.04 Å². The fourth-order valence-corrected chi connectivity index (χ4v) is 3.27. The summed E-state index contributed by atoms with van der Waals surface area (Å²) in [5, 5.41) is 3.33. The Bertz CT molecular complexity index is 436. The first kappa shape index (κ1) is 16.3. The van der Waals surface area contributed by atoms with Crippen molar-refractivity contribution < 1.29 is 13.2 Å². The van der Waals surface area contributed by atoms with E-state index in [0.29, 0.717) is 0 Å². The van der Waals surface area contributed by atoms with Crippen LogP contribution in [0.5, 0.6) is 0 Å². The maximum absolute atomic E-state index is 12.8. The SMILES string of the molecule is CCNC(CCC1CCCC1)c1cccc(C(F)(F)F)c1. The van der Waals surface area contributed by atoms with E-state index in [0.717, 1.165) is 36.9 Å². The summed E-state index contributed by atoms with van der Waals surface area (Å²) in [6.45, 7) is 2.77. The van der Waals surface area contributed by atoms with Crippen LogP contribution in [0.1, 0.15) is 62.6 Å². The van der Waals surface area contributed by atoms with E-state index >= 15 is 0 Å². The molecule has 2 rings (SSSR count). The molecule has 1 saturated carbocycles. The Balaban J connectivity index is 2.05. The zero-order valence-corrected chi connectivity index (χ0v) is 12.5. The van der Waals surface area contributed by atoms with Gasteiger partial charge in [-0.1, -0.05) is 44.7 Å². The fourth-order valence-electron chi connectivity index (χ4n) is 3.27. The molecule has 0 heterocycles. The second-order valence-corrected chi connectivity index (χ2v) is 5.96. The van der Waals surface area contributed by atoms with Crippen molar-refractivity contribution in [1.29, 1.82) is 0 Å². The lowest BCUT2D eigenvalue weighted by molar-refractivity contribution is -0.137. The monoisotopic (exact) mass is 299 g/mol. The van der Waals surface area contributed by atoms with Gasteiger partial charge in [-0.05, 0) is 43.0 Å². The third-order valence-electron chi connectivity index (χ3n) is 4.41. The molecule has 0 radical (unpaired) electrons. The van der Waals surface area contributed by atoms with Crippen molar-refractivity contribution in [1.82, 2.24) is 5.32 Å². The van der Waals surface area contributed by atoms with E-state index in [4.69, 9.17) is 0 Å². The van der Waals surface area contributed by atoms with Crippen LogP contribution in [0.25, 0.3) is 0 Å². The Labute approximate surface area is 124 Å². The standard InChI is InChI=1S/C17H24F3N/c1-2-21-16(11-10-13-6-3-4-7-13)14-8-5-9-15(12-14)17(18,19)20/h5,8-9,12-13,16,21H,2-4,6-7,10-11H2,1H3. The van der Waals surface area contributed by atoms with Crippen LogP contribution in [0.15, 0.2) is 24.3 Å². The molecule has 0 spiro atoms. The van der Waals surface area contributed by atoms with Crippen molar-refractivity contribution in [3.05, 3.63) is 35.4 Å². The third-order valence-corrected chi connectivity index (χ3v) is 4.41. The van der Waals surface area contributed by atoms with Crippen molar-refractivity contribution in [2.45, 2.75) is 57.7 Å². The minimum Gasteiger partial charge on any atom is -0.310 e. The Morgan fingerprint density at radius 3 is 2.57 bits per heavy atom. The van der Waals surface area contributed by atoms with Crippen LogP contribution in [-0.2, 0) is 6.18 Å². The quantitative estimate of drug-likeness (QED) is 0.749. The van der Waals surface area contributed by atoms with Gasteiger partial charge in [-0.3, -0.25) is 0 Å². The van der Waals surface area contributed by atoms with Crippen LogP contribution in [0.4, 0.5) is 13.2 Å². The van der Waals surface area contributed by atoms with E-state index in [-0.39, 0.29) is 6.04 Å². The summed E-state index contributed by atoms with van der Waals surface area (Å²) in [6.07, 6.45) is 2.93. The normalized spacial score (nSPS) is 18.1. The van der Waals surface area contributed by atoms with Crippen LogP contribution in [0.2, 0.25) is 0 Å². The first-order valence-electron chi connectivity index (χ1n) is 7.91. The largest absolute Gasteiger partial charge is 0.416 e. The van der Waals surface area contributed by atoms with Gasteiger partial charge in [0.15, 0.2) is 0 Å². The highest BCUT2D eigenvalue weighted by atomic mass is 19.4. The van der Waals surface area contributed by atoms with Gasteiger partial charge < -0.3 is 5.32 Å². The maximum atomic E-state index is 12.8. The van der Waals surface area contributed by atoms with Gasteiger partial charge in [0.05, 0.1) is 5.56 Å². The molecule has 0 amide bonds. The van der Waals surface area contributed by atoms with Crippen molar-refractivity contribution in [2.75, 3.05) is 6.54 Å². The van der Waals surface area contributed by atoms with Gasteiger partial charge in [0.25, 0.3) is 0 Å². The van der Waals surface area contributed by atoms with Crippen LogP contribution in [-0.4, -0.2) is 6.54 Å². The summed E-state index contributed by atoms with van der Waals surface area (Å²) in [6, 6.07) is 5.78. The highest BCUT2D eigenvalue weighted by molar-refractivity contribution is 5.28. The summed E-state index contributed by atoms with van der Waals surface area (Å²) in [5.41, 5.74) is 0.202. The van der Waals surface area contributed by atoms with Gasteiger partial charge in [-0.15, -0.1) is 0 Å². The third kappa shape index (κ3) is 4.73. The van der Waals surface area contributed by atoms with E-state index in [1.165, 1.54) is 37.8 Å². The molecule has 1 nitrogen and oxygen atoms in total. The molecule has 1 aromatic rings. The van der Waals surface area contributed by atoms with Gasteiger partial charge in [0.2, 0.25) is 0 Å². The first-order valence-corrected chi connectivity index (χ1v) is 7.91. The second kappa shape index (κ2) is 7.30. The average Bonchev–Trinajstić information content (AvgIpc) is 2.96. The number of hydrogen-bond acceptors (Lipinski definition) is 1. The second-order valence-electron chi connectivity index (χ2n) is 5.96. The summed E-state index contributed by atoms with van der Waals surface area (Å²) < 4.78 is 38.5. The minimum atomic E-state index is -4.27. The van der Waals surface area contributed by atoms with Gasteiger partial charge >= 0.3 is 6.18 Å². The molecule has 1 aliphatic carbocycles. The molecule has 0 aliphatic heterocycles. The number of rotatable bonds is 6. The molecule has 0 aromatic heterocycles. The molecular formula is C17H24F3N. The van der Waals surface area contributed by atoms with E-state index in [1.807, 2.05) is 6.92 Å². The molecule has 118 valence electrons. The number of alkyl halides is 3. The van der Waals surface area contributed by atoms with E-state index in [9.17, 15) is 13.2 Å². The zero-order chi connectivity index (χ0) is 15.3. The van der Waals surface area contributed by atoms with Crippen molar-refractivity contribution >= 4 is 0 Å². The van der Waals surface area contributed by atoms with Crippen LogP contribution in [0, 0.1) is 5.92 Å². The van der Waals surface area contributed by atoms with Crippen molar-refractivity contribution in [3.63, 3.8) is 0 Å². The van der Waals surface area contributed by atoms with Crippen molar-refractivity contribution in [3.8, 4) is 0 Å². The minimum absolute atomic E-state index is 0.0258. The summed E-state index contributed by atoms with van der Waals surface area (Å²) >= 11 is 0. The molecule has 0 bridgehead atoms. The number of nitrogens with one attached hydrogen (secondary N) is 1. The topological polar surface area (TPSA) is 12.0 Å². The molecule has 1 aliphatic rings. The number of benzene rings is 1. The number of halogens is 3. The molecule has 21 heavy (non-hydrogen) atoms. The summed E-state index contributed by atoms with van der Waals surface area (Å²) in [4.78, 5) is 0. The number of hydrogen-bond donors (Lipinski definition) is 1. The van der Waals surface area contributed by atoms with E-state index in [2.05, 4.69) is 5.32 Å².